The highest BCUT2D eigenvalue weighted by Gasteiger charge is 2.06. The molecule has 0 amide bonds. The number of hydrazone groups is 1. The molecule has 0 radical (unpaired) electrons. The summed E-state index contributed by atoms with van der Waals surface area (Å²) in [6, 6.07) is 0. The summed E-state index contributed by atoms with van der Waals surface area (Å²) >= 11 is 0. The molecule has 0 saturated heterocycles. The Morgan fingerprint density at radius 2 is 2.60 bits per heavy atom. The van der Waals surface area contributed by atoms with Crippen molar-refractivity contribution in [2.24, 2.45) is 10.1 Å². The van der Waals surface area contributed by atoms with Crippen molar-refractivity contribution in [3.05, 3.63) is 24.4 Å². The van der Waals surface area contributed by atoms with E-state index < -0.39 is 0 Å². The number of amidine groups is 1. The van der Waals surface area contributed by atoms with Gasteiger partial charge in [0.25, 0.3) is 0 Å². The van der Waals surface area contributed by atoms with Crippen LogP contribution in [0.5, 0.6) is 0 Å². The summed E-state index contributed by atoms with van der Waals surface area (Å²) in [6.07, 6.45) is 5.15. The molecule has 3 heteroatoms. The second kappa shape index (κ2) is 2.96. The summed E-state index contributed by atoms with van der Waals surface area (Å²) in [5, 5.41) is 3.81. The van der Waals surface area contributed by atoms with Crippen molar-refractivity contribution in [3.8, 4) is 0 Å². The van der Waals surface area contributed by atoms with Gasteiger partial charge in [0.15, 0.2) is 5.84 Å². The Balaban J connectivity index is 2.84. The van der Waals surface area contributed by atoms with Gasteiger partial charge in [0, 0.05) is 11.8 Å². The molecule has 10 heavy (non-hydrogen) atoms. The molecule has 3 nitrogen and oxygen atoms in total. The van der Waals surface area contributed by atoms with Gasteiger partial charge in [-0.25, -0.2) is 4.99 Å². The van der Waals surface area contributed by atoms with Crippen LogP contribution < -0.4 is 5.43 Å². The van der Waals surface area contributed by atoms with E-state index in [0.717, 1.165) is 11.4 Å². The minimum Gasteiger partial charge on any atom is -0.261 e. The van der Waals surface area contributed by atoms with Crippen molar-refractivity contribution in [1.82, 2.24) is 5.43 Å². The van der Waals surface area contributed by atoms with Gasteiger partial charge in [0.1, 0.15) is 0 Å². The first-order valence-electron chi connectivity index (χ1n) is 3.03. The van der Waals surface area contributed by atoms with Crippen LogP contribution in [-0.4, -0.2) is 12.1 Å². The van der Waals surface area contributed by atoms with E-state index in [4.69, 9.17) is 0 Å². The van der Waals surface area contributed by atoms with Crippen LogP contribution in [-0.2, 0) is 0 Å². The Kier molecular flexibility index (Phi) is 1.99. The van der Waals surface area contributed by atoms with E-state index in [2.05, 4.69) is 22.1 Å². The topological polar surface area (TPSA) is 36.8 Å². The Hall–Kier alpha value is -1.38. The molecule has 0 saturated carbocycles. The van der Waals surface area contributed by atoms with Crippen LogP contribution in [0.15, 0.2) is 34.5 Å². The average Bonchev–Trinajstić information content (AvgIpc) is 2.36. The molecule has 0 aromatic heterocycles. The lowest BCUT2D eigenvalue weighted by Crippen LogP contribution is -2.12. The zero-order chi connectivity index (χ0) is 7.40. The predicted molar refractivity (Wildman–Crippen MR) is 43.0 cm³/mol. The number of aliphatic imine (C=N–C) groups is 1. The van der Waals surface area contributed by atoms with Gasteiger partial charge in [0.2, 0.25) is 0 Å². The molecule has 0 unspecified atom stereocenters. The first-order chi connectivity index (χ1) is 4.88. The molecule has 0 bridgehead atoms. The third kappa shape index (κ3) is 1.13. The number of hydrogen-bond acceptors (Lipinski definition) is 2. The van der Waals surface area contributed by atoms with Gasteiger partial charge in [0.05, 0.1) is 6.21 Å². The summed E-state index contributed by atoms with van der Waals surface area (Å²) in [5.74, 6) is 0.762. The quantitative estimate of drug-likeness (QED) is 0.573. The molecule has 0 aromatic rings. The zero-order valence-electron chi connectivity index (χ0n) is 5.83. The molecular weight excluding hydrogens is 126 g/mol. The lowest BCUT2D eigenvalue weighted by molar-refractivity contribution is 1.06. The summed E-state index contributed by atoms with van der Waals surface area (Å²) < 4.78 is 0. The number of rotatable bonds is 1. The second-order valence-electron chi connectivity index (χ2n) is 1.77. The Morgan fingerprint density at radius 1 is 1.80 bits per heavy atom. The van der Waals surface area contributed by atoms with Crippen molar-refractivity contribution in [2.45, 2.75) is 6.92 Å². The van der Waals surface area contributed by atoms with Crippen molar-refractivity contribution >= 4 is 12.1 Å². The molecule has 0 fully saturated rings. The van der Waals surface area contributed by atoms with E-state index in [1.54, 1.807) is 6.21 Å². The van der Waals surface area contributed by atoms with Crippen molar-refractivity contribution < 1.29 is 0 Å². The largest absolute Gasteiger partial charge is 0.261 e. The highest BCUT2D eigenvalue weighted by molar-refractivity contribution is 6.18. The monoisotopic (exact) mass is 135 g/mol. The first kappa shape index (κ1) is 6.74. The number of nitrogens with one attached hydrogen (secondary N) is 1. The lowest BCUT2D eigenvalue weighted by Gasteiger charge is -1.93. The summed E-state index contributed by atoms with van der Waals surface area (Å²) in [7, 11) is 0. The third-order valence-corrected chi connectivity index (χ3v) is 1.18. The molecule has 1 aliphatic heterocycles. The molecule has 0 aromatic carbocycles. The molecule has 1 aliphatic rings. The molecule has 1 rings (SSSR count). The predicted octanol–water partition coefficient (Wildman–Crippen LogP) is 1.06. The number of nitrogens with zero attached hydrogens (tertiary/aromatic N) is 2. The average molecular weight is 135 g/mol. The summed E-state index contributed by atoms with van der Waals surface area (Å²) in [5.41, 5.74) is 3.74. The fourth-order valence-corrected chi connectivity index (χ4v) is 0.695. The van der Waals surface area contributed by atoms with E-state index in [9.17, 15) is 0 Å². The van der Waals surface area contributed by atoms with Gasteiger partial charge in [-0.3, -0.25) is 5.43 Å². The molecule has 0 aliphatic carbocycles. The van der Waals surface area contributed by atoms with Crippen LogP contribution in [0.2, 0.25) is 0 Å². The molecular formula is C7H9N3. The van der Waals surface area contributed by atoms with E-state index in [0.29, 0.717) is 0 Å². The zero-order valence-corrected chi connectivity index (χ0v) is 5.83. The Bertz CT molecular complexity index is 223. The fraction of sp³-hybridized carbons (Fsp3) is 0.143. The van der Waals surface area contributed by atoms with Gasteiger partial charge in [-0.1, -0.05) is 12.7 Å². The highest BCUT2D eigenvalue weighted by atomic mass is 15.3. The molecule has 0 spiro atoms. The molecule has 0 atom stereocenters. The Labute approximate surface area is 59.9 Å². The van der Waals surface area contributed by atoms with Crippen molar-refractivity contribution in [2.75, 3.05) is 0 Å². The normalized spacial score (nSPS) is 23.7. The minimum absolute atomic E-state index is 0.762. The van der Waals surface area contributed by atoms with E-state index >= 15 is 0 Å². The third-order valence-electron chi connectivity index (χ3n) is 1.18. The number of hydrogen-bond donors (Lipinski definition) is 1. The van der Waals surface area contributed by atoms with E-state index in [-0.39, 0.29) is 0 Å². The van der Waals surface area contributed by atoms with Crippen LogP contribution in [0.4, 0.5) is 0 Å². The van der Waals surface area contributed by atoms with Crippen molar-refractivity contribution in [1.29, 1.82) is 0 Å². The van der Waals surface area contributed by atoms with E-state index in [1.165, 1.54) is 6.20 Å². The van der Waals surface area contributed by atoms with Crippen molar-refractivity contribution in [3.63, 3.8) is 0 Å². The van der Waals surface area contributed by atoms with Crippen LogP contribution in [0.1, 0.15) is 6.92 Å². The number of allylic oxidation sites excluding steroid dienone is 1. The maximum Gasteiger partial charge on any atom is 0.154 e. The van der Waals surface area contributed by atoms with Gasteiger partial charge in [-0.2, -0.15) is 5.10 Å². The highest BCUT2D eigenvalue weighted by Crippen LogP contribution is 1.98. The molecule has 1 N–H and O–H groups in total. The van der Waals surface area contributed by atoms with Crippen LogP contribution in [0.3, 0.4) is 0 Å². The maximum atomic E-state index is 3.95. The summed E-state index contributed by atoms with van der Waals surface area (Å²) in [6.45, 7) is 5.42. The molecule has 52 valence electrons. The van der Waals surface area contributed by atoms with Crippen LogP contribution in [0, 0.1) is 0 Å². The lowest BCUT2D eigenvalue weighted by atomic mass is 10.3. The van der Waals surface area contributed by atoms with Crippen LogP contribution >= 0.6 is 0 Å². The van der Waals surface area contributed by atoms with Crippen LogP contribution in [0.25, 0.3) is 0 Å². The van der Waals surface area contributed by atoms with Gasteiger partial charge in [-0.05, 0) is 6.92 Å². The SMILES string of the molecule is C=C/N=C1/NN=C/C1=C/C. The standard InChI is InChI=1S/C7H9N3/c1-3-6-5-9-10-7(6)8-4-2/h3-5H,2H2,1H3,(H,8,10)/b6-3-. The maximum absolute atomic E-state index is 3.95. The summed E-state index contributed by atoms with van der Waals surface area (Å²) in [4.78, 5) is 3.95. The van der Waals surface area contributed by atoms with Gasteiger partial charge < -0.3 is 0 Å². The minimum atomic E-state index is 0.762. The fourth-order valence-electron chi connectivity index (χ4n) is 0.695. The Morgan fingerprint density at radius 3 is 3.20 bits per heavy atom. The first-order valence-corrected chi connectivity index (χ1v) is 3.03. The molecule has 1 heterocycles. The smallest absolute Gasteiger partial charge is 0.154 e. The van der Waals surface area contributed by atoms with Gasteiger partial charge in [-0.15, -0.1) is 0 Å². The van der Waals surface area contributed by atoms with E-state index in [1.807, 2.05) is 13.0 Å². The second-order valence-corrected chi connectivity index (χ2v) is 1.77. The van der Waals surface area contributed by atoms with Gasteiger partial charge >= 0.3 is 0 Å².